The molecule has 0 saturated carbocycles. The van der Waals surface area contributed by atoms with Crippen LogP contribution in [-0.2, 0) is 19.4 Å². The molecule has 0 fully saturated rings. The lowest BCUT2D eigenvalue weighted by Crippen LogP contribution is -2.21. The fourth-order valence-electron chi connectivity index (χ4n) is 3.47. The third-order valence-electron chi connectivity index (χ3n) is 4.85. The first-order valence-corrected chi connectivity index (χ1v) is 8.68. The molecule has 1 N–H and O–H groups in total. The van der Waals surface area contributed by atoms with Gasteiger partial charge in [-0.1, -0.05) is 13.8 Å². The number of aryl methyl sites for hydroxylation is 3. The molecule has 1 aromatic heterocycles. The maximum Gasteiger partial charge on any atom is 0.0711 e. The Kier molecular flexibility index (Phi) is 4.49. The molecule has 2 nitrogen and oxygen atoms in total. The Morgan fingerprint density at radius 1 is 1.09 bits per heavy atom. The lowest BCUT2D eigenvalue weighted by Gasteiger charge is -2.22. The predicted molar refractivity (Wildman–Crippen MR) is 94.4 cm³/mol. The zero-order chi connectivity index (χ0) is 15.7. The van der Waals surface area contributed by atoms with Crippen LogP contribution in [0.25, 0.3) is 10.9 Å². The number of aromatic nitrogens is 1. The summed E-state index contributed by atoms with van der Waals surface area (Å²) in [5.41, 5.74) is 8.28. The minimum Gasteiger partial charge on any atom is -0.312 e. The molecule has 0 spiro atoms. The molecule has 0 radical (unpaired) electrons. The second kappa shape index (κ2) is 6.37. The van der Waals surface area contributed by atoms with E-state index >= 15 is 0 Å². The smallest absolute Gasteiger partial charge is 0.0711 e. The molecule has 0 aliphatic heterocycles. The van der Waals surface area contributed by atoms with Crippen LogP contribution in [0.15, 0.2) is 12.1 Å². The van der Waals surface area contributed by atoms with Crippen LogP contribution in [0.1, 0.15) is 54.6 Å². The number of pyridine rings is 1. The summed E-state index contributed by atoms with van der Waals surface area (Å²) >= 11 is 0. The van der Waals surface area contributed by atoms with Gasteiger partial charge in [-0.25, -0.2) is 0 Å². The molecule has 2 aromatic rings. The van der Waals surface area contributed by atoms with Crippen LogP contribution in [0.4, 0.5) is 0 Å². The van der Waals surface area contributed by atoms with Gasteiger partial charge in [-0.2, -0.15) is 0 Å². The van der Waals surface area contributed by atoms with Gasteiger partial charge < -0.3 is 5.32 Å². The van der Waals surface area contributed by atoms with E-state index in [-0.39, 0.29) is 0 Å². The van der Waals surface area contributed by atoms with Gasteiger partial charge in [0.2, 0.25) is 0 Å². The van der Waals surface area contributed by atoms with E-state index in [4.69, 9.17) is 4.98 Å². The standard InChI is InChI=1S/C20H28N2/c1-13(2)11-21-12-18-16-7-5-6-8-19(16)22-20-10-15(4)14(3)9-17(18)20/h9-10,13,21H,5-8,11-12H2,1-4H3. The number of rotatable bonds is 4. The maximum absolute atomic E-state index is 4.99. The minimum atomic E-state index is 0.688. The monoisotopic (exact) mass is 296 g/mol. The van der Waals surface area contributed by atoms with Gasteiger partial charge in [0, 0.05) is 17.6 Å². The number of benzene rings is 1. The zero-order valence-corrected chi connectivity index (χ0v) is 14.4. The summed E-state index contributed by atoms with van der Waals surface area (Å²) in [7, 11) is 0. The Labute approximate surface area is 134 Å². The van der Waals surface area contributed by atoms with Crippen LogP contribution in [0.3, 0.4) is 0 Å². The predicted octanol–water partition coefficient (Wildman–Crippen LogP) is 4.48. The first kappa shape index (κ1) is 15.5. The number of hydrogen-bond donors (Lipinski definition) is 1. The van der Waals surface area contributed by atoms with Gasteiger partial charge in [0.25, 0.3) is 0 Å². The Morgan fingerprint density at radius 2 is 1.82 bits per heavy atom. The van der Waals surface area contributed by atoms with Gasteiger partial charge in [0.1, 0.15) is 0 Å². The van der Waals surface area contributed by atoms with Crippen molar-refractivity contribution < 1.29 is 0 Å². The van der Waals surface area contributed by atoms with Gasteiger partial charge >= 0.3 is 0 Å². The molecule has 0 bridgehead atoms. The van der Waals surface area contributed by atoms with Crippen molar-refractivity contribution in [2.45, 2.75) is 59.9 Å². The molecule has 2 heteroatoms. The van der Waals surface area contributed by atoms with Crippen molar-refractivity contribution in [1.29, 1.82) is 0 Å². The lowest BCUT2D eigenvalue weighted by atomic mass is 9.89. The number of nitrogens with one attached hydrogen (secondary N) is 1. The first-order chi connectivity index (χ1) is 10.6. The molecule has 0 unspecified atom stereocenters. The van der Waals surface area contributed by atoms with Gasteiger partial charge in [-0.15, -0.1) is 0 Å². The van der Waals surface area contributed by atoms with E-state index in [9.17, 15) is 0 Å². The fourth-order valence-corrected chi connectivity index (χ4v) is 3.47. The summed E-state index contributed by atoms with van der Waals surface area (Å²) in [5.74, 6) is 0.688. The third-order valence-corrected chi connectivity index (χ3v) is 4.85. The largest absolute Gasteiger partial charge is 0.312 e. The highest BCUT2D eigenvalue weighted by Crippen LogP contribution is 2.30. The van der Waals surface area contributed by atoms with Crippen LogP contribution in [0.5, 0.6) is 0 Å². The maximum atomic E-state index is 4.99. The van der Waals surface area contributed by atoms with Crippen molar-refractivity contribution in [1.82, 2.24) is 10.3 Å². The molecular formula is C20H28N2. The van der Waals surface area contributed by atoms with Crippen molar-refractivity contribution >= 4 is 10.9 Å². The SMILES string of the molecule is Cc1cc2nc3c(c(CNCC(C)C)c2cc1C)CCCC3. The Morgan fingerprint density at radius 3 is 2.59 bits per heavy atom. The summed E-state index contributed by atoms with van der Waals surface area (Å²) in [6.45, 7) is 11.0. The van der Waals surface area contributed by atoms with E-state index in [1.54, 1.807) is 0 Å². The molecule has 1 aliphatic rings. The van der Waals surface area contributed by atoms with Crippen molar-refractivity contribution in [3.05, 3.63) is 40.1 Å². The van der Waals surface area contributed by atoms with E-state index < -0.39 is 0 Å². The molecule has 0 amide bonds. The van der Waals surface area contributed by atoms with Gasteiger partial charge in [-0.05, 0) is 86.4 Å². The molecule has 0 atom stereocenters. The molecule has 1 aliphatic carbocycles. The Hall–Kier alpha value is -1.41. The molecule has 1 aromatic carbocycles. The summed E-state index contributed by atoms with van der Waals surface area (Å²) in [6, 6.07) is 4.62. The van der Waals surface area contributed by atoms with Crippen LogP contribution < -0.4 is 5.32 Å². The van der Waals surface area contributed by atoms with Crippen molar-refractivity contribution in [3.63, 3.8) is 0 Å². The molecule has 0 saturated heterocycles. The quantitative estimate of drug-likeness (QED) is 0.900. The summed E-state index contributed by atoms with van der Waals surface area (Å²) < 4.78 is 0. The second-order valence-corrected chi connectivity index (χ2v) is 7.20. The van der Waals surface area contributed by atoms with Crippen molar-refractivity contribution in [2.24, 2.45) is 5.92 Å². The molecule has 118 valence electrons. The van der Waals surface area contributed by atoms with E-state index in [2.05, 4.69) is 45.1 Å². The van der Waals surface area contributed by atoms with Gasteiger partial charge in [0.05, 0.1) is 5.52 Å². The zero-order valence-electron chi connectivity index (χ0n) is 14.4. The molecule has 3 rings (SSSR count). The fraction of sp³-hybridized carbons (Fsp3) is 0.550. The van der Waals surface area contributed by atoms with Crippen LogP contribution in [0.2, 0.25) is 0 Å². The van der Waals surface area contributed by atoms with Crippen LogP contribution >= 0.6 is 0 Å². The summed E-state index contributed by atoms with van der Waals surface area (Å²) in [4.78, 5) is 4.99. The number of nitrogens with zero attached hydrogens (tertiary/aromatic N) is 1. The van der Waals surface area contributed by atoms with E-state index in [1.165, 1.54) is 58.1 Å². The Bertz CT molecular complexity index is 686. The third kappa shape index (κ3) is 3.03. The minimum absolute atomic E-state index is 0.688. The normalized spacial score (nSPS) is 14.6. The topological polar surface area (TPSA) is 24.9 Å². The Balaban J connectivity index is 2.09. The van der Waals surface area contributed by atoms with Crippen LogP contribution in [-0.4, -0.2) is 11.5 Å². The highest BCUT2D eigenvalue weighted by molar-refractivity contribution is 5.85. The summed E-state index contributed by atoms with van der Waals surface area (Å²) in [6.07, 6.45) is 4.94. The van der Waals surface area contributed by atoms with Gasteiger partial charge in [0.15, 0.2) is 0 Å². The lowest BCUT2D eigenvalue weighted by molar-refractivity contribution is 0.549. The molecular weight excluding hydrogens is 268 g/mol. The summed E-state index contributed by atoms with van der Waals surface area (Å²) in [5, 5.41) is 5.01. The average molecular weight is 296 g/mol. The van der Waals surface area contributed by atoms with E-state index in [1.807, 2.05) is 0 Å². The highest BCUT2D eigenvalue weighted by atomic mass is 14.9. The molecule has 1 heterocycles. The number of hydrogen-bond acceptors (Lipinski definition) is 2. The van der Waals surface area contributed by atoms with Crippen molar-refractivity contribution in [3.8, 4) is 0 Å². The number of fused-ring (bicyclic) bond motifs is 2. The molecule has 22 heavy (non-hydrogen) atoms. The van der Waals surface area contributed by atoms with Crippen molar-refractivity contribution in [2.75, 3.05) is 6.54 Å². The first-order valence-electron chi connectivity index (χ1n) is 8.68. The van der Waals surface area contributed by atoms with E-state index in [0.29, 0.717) is 5.92 Å². The highest BCUT2D eigenvalue weighted by Gasteiger charge is 2.18. The van der Waals surface area contributed by atoms with E-state index in [0.717, 1.165) is 19.5 Å². The second-order valence-electron chi connectivity index (χ2n) is 7.20. The average Bonchev–Trinajstić information content (AvgIpc) is 2.48. The van der Waals surface area contributed by atoms with Crippen LogP contribution in [0, 0.1) is 19.8 Å². The van der Waals surface area contributed by atoms with Gasteiger partial charge in [-0.3, -0.25) is 4.98 Å².